The summed E-state index contributed by atoms with van der Waals surface area (Å²) < 4.78 is 11.1. The molecule has 2 heterocycles. The van der Waals surface area contributed by atoms with Crippen LogP contribution >= 0.6 is 11.3 Å². The first-order chi connectivity index (χ1) is 13.7. The second-order valence-electron chi connectivity index (χ2n) is 6.26. The lowest BCUT2D eigenvalue weighted by Gasteiger charge is -2.13. The maximum atomic E-state index is 12.6. The van der Waals surface area contributed by atoms with E-state index in [1.807, 2.05) is 66.2 Å². The number of benzene rings is 2. The van der Waals surface area contributed by atoms with Gasteiger partial charge < -0.3 is 14.5 Å². The summed E-state index contributed by atoms with van der Waals surface area (Å²) in [5, 5.41) is 3.04. The van der Waals surface area contributed by atoms with Crippen molar-refractivity contribution < 1.29 is 14.3 Å². The lowest BCUT2D eigenvalue weighted by atomic mass is 10.0. The summed E-state index contributed by atoms with van der Waals surface area (Å²) in [4.78, 5) is 16.8. The molecule has 0 aliphatic rings. The van der Waals surface area contributed by atoms with Crippen molar-refractivity contribution in [3.63, 3.8) is 0 Å². The second kappa shape index (κ2) is 7.74. The van der Waals surface area contributed by atoms with Gasteiger partial charge in [-0.3, -0.25) is 4.79 Å². The summed E-state index contributed by atoms with van der Waals surface area (Å²) in [5.74, 6) is 1.27. The van der Waals surface area contributed by atoms with Crippen LogP contribution in [0.4, 0.5) is 0 Å². The molecular weight excluding hydrogens is 370 g/mol. The lowest BCUT2D eigenvalue weighted by Crippen LogP contribution is -1.95. The Bertz CT molecular complexity index is 1160. The zero-order chi connectivity index (χ0) is 19.5. The van der Waals surface area contributed by atoms with Gasteiger partial charge in [0.2, 0.25) is 0 Å². The molecule has 0 aliphatic heterocycles. The molecule has 5 heteroatoms. The number of hydrogen-bond acceptors (Lipinski definition) is 4. The molecule has 0 radical (unpaired) electrons. The number of thiophene rings is 1. The predicted molar refractivity (Wildman–Crippen MR) is 115 cm³/mol. The molecule has 0 saturated carbocycles. The normalized spacial score (nSPS) is 11.2. The Morgan fingerprint density at radius 2 is 1.96 bits per heavy atom. The molecule has 0 bridgehead atoms. The van der Waals surface area contributed by atoms with Crippen molar-refractivity contribution in [3.8, 4) is 21.9 Å². The molecule has 2 aromatic carbocycles. The number of aromatic amines is 1. The monoisotopic (exact) mass is 389 g/mol. The van der Waals surface area contributed by atoms with E-state index in [1.165, 1.54) is 0 Å². The third-order valence-electron chi connectivity index (χ3n) is 4.55. The van der Waals surface area contributed by atoms with E-state index < -0.39 is 0 Å². The first-order valence-electron chi connectivity index (χ1n) is 8.79. The topological polar surface area (TPSA) is 51.3 Å². The molecule has 1 N–H and O–H groups in total. The molecule has 0 fully saturated rings. The van der Waals surface area contributed by atoms with Crippen molar-refractivity contribution in [3.05, 3.63) is 77.3 Å². The van der Waals surface area contributed by atoms with Gasteiger partial charge in [0.25, 0.3) is 0 Å². The van der Waals surface area contributed by atoms with Crippen LogP contribution in [0.1, 0.15) is 15.9 Å². The number of methoxy groups -OCH3 is 2. The van der Waals surface area contributed by atoms with Gasteiger partial charge in [0.15, 0.2) is 17.3 Å². The van der Waals surface area contributed by atoms with E-state index in [1.54, 1.807) is 31.6 Å². The van der Waals surface area contributed by atoms with Crippen LogP contribution in [0, 0.1) is 0 Å². The summed E-state index contributed by atoms with van der Waals surface area (Å²) in [5.41, 5.74) is 3.48. The van der Waals surface area contributed by atoms with Crippen molar-refractivity contribution in [2.45, 2.75) is 0 Å². The summed E-state index contributed by atoms with van der Waals surface area (Å²) in [6.07, 6.45) is 5.26. The number of nitrogens with one attached hydrogen (secondary N) is 1. The Balaban J connectivity index is 1.68. The lowest BCUT2D eigenvalue weighted by molar-refractivity contribution is 0.104. The van der Waals surface area contributed by atoms with Gasteiger partial charge in [-0.05, 0) is 59.5 Å². The van der Waals surface area contributed by atoms with Gasteiger partial charge in [0, 0.05) is 33.1 Å². The van der Waals surface area contributed by atoms with Gasteiger partial charge in [-0.1, -0.05) is 12.1 Å². The summed E-state index contributed by atoms with van der Waals surface area (Å²) in [6.45, 7) is 0. The van der Waals surface area contributed by atoms with E-state index in [0.29, 0.717) is 17.1 Å². The molecule has 0 amide bonds. The molecule has 0 spiro atoms. The Labute approximate surface area is 167 Å². The summed E-state index contributed by atoms with van der Waals surface area (Å²) >= 11 is 1.63. The fourth-order valence-electron chi connectivity index (χ4n) is 3.17. The highest BCUT2D eigenvalue weighted by Crippen LogP contribution is 2.41. The molecule has 28 heavy (non-hydrogen) atoms. The van der Waals surface area contributed by atoms with Crippen LogP contribution in [-0.4, -0.2) is 25.0 Å². The van der Waals surface area contributed by atoms with Crippen LogP contribution in [0.25, 0.3) is 27.4 Å². The number of allylic oxidation sites excluding steroid dienone is 1. The Hall–Kier alpha value is -3.31. The SMILES string of the molecule is COc1cc(/C=C/C(=O)c2ccc3[nH]ccc3c2)cc(-c2cccs2)c1OC. The van der Waals surface area contributed by atoms with Crippen LogP contribution in [0.5, 0.6) is 11.5 Å². The van der Waals surface area contributed by atoms with Gasteiger partial charge in [-0.15, -0.1) is 11.3 Å². The molecule has 0 unspecified atom stereocenters. The highest BCUT2D eigenvalue weighted by atomic mass is 32.1. The number of carbonyl (C=O) groups is 1. The Kier molecular flexibility index (Phi) is 5.00. The van der Waals surface area contributed by atoms with Crippen molar-refractivity contribution in [1.29, 1.82) is 0 Å². The van der Waals surface area contributed by atoms with E-state index in [2.05, 4.69) is 4.98 Å². The van der Waals surface area contributed by atoms with Gasteiger partial charge in [-0.2, -0.15) is 0 Å². The van der Waals surface area contributed by atoms with Crippen LogP contribution in [0.15, 0.2) is 66.2 Å². The maximum Gasteiger partial charge on any atom is 0.185 e. The van der Waals surface area contributed by atoms with Gasteiger partial charge in [-0.25, -0.2) is 0 Å². The van der Waals surface area contributed by atoms with E-state index in [4.69, 9.17) is 9.47 Å². The van der Waals surface area contributed by atoms with Crippen LogP contribution in [0.2, 0.25) is 0 Å². The highest BCUT2D eigenvalue weighted by Gasteiger charge is 2.14. The zero-order valence-corrected chi connectivity index (χ0v) is 16.4. The third-order valence-corrected chi connectivity index (χ3v) is 5.46. The van der Waals surface area contributed by atoms with E-state index in [9.17, 15) is 4.79 Å². The Morgan fingerprint density at radius 1 is 1.07 bits per heavy atom. The number of hydrogen-bond donors (Lipinski definition) is 1. The summed E-state index contributed by atoms with van der Waals surface area (Å²) in [7, 11) is 3.24. The molecule has 4 nitrogen and oxygen atoms in total. The predicted octanol–water partition coefficient (Wildman–Crippen LogP) is 5.81. The largest absolute Gasteiger partial charge is 0.493 e. The number of fused-ring (bicyclic) bond motifs is 1. The van der Waals surface area contributed by atoms with Gasteiger partial charge in [0.05, 0.1) is 14.2 Å². The maximum absolute atomic E-state index is 12.6. The molecule has 2 aromatic heterocycles. The molecule has 0 saturated heterocycles. The molecule has 0 aliphatic carbocycles. The van der Waals surface area contributed by atoms with E-state index in [-0.39, 0.29) is 5.78 Å². The highest BCUT2D eigenvalue weighted by molar-refractivity contribution is 7.13. The fourth-order valence-corrected chi connectivity index (χ4v) is 3.91. The molecule has 4 aromatic rings. The molecule has 0 atom stereocenters. The van der Waals surface area contributed by atoms with E-state index >= 15 is 0 Å². The van der Waals surface area contributed by atoms with Crippen molar-refractivity contribution in [2.75, 3.05) is 14.2 Å². The number of rotatable bonds is 6. The van der Waals surface area contributed by atoms with Crippen LogP contribution in [0.3, 0.4) is 0 Å². The molecular formula is C23H19NO3S. The average Bonchev–Trinajstić information content (AvgIpc) is 3.42. The number of carbonyl (C=O) groups excluding carboxylic acids is 1. The number of aromatic nitrogens is 1. The van der Waals surface area contributed by atoms with Crippen molar-refractivity contribution in [1.82, 2.24) is 4.98 Å². The minimum atomic E-state index is -0.0458. The van der Waals surface area contributed by atoms with Crippen molar-refractivity contribution >= 4 is 34.1 Å². The van der Waals surface area contributed by atoms with Crippen molar-refractivity contribution in [2.24, 2.45) is 0 Å². The zero-order valence-electron chi connectivity index (χ0n) is 15.6. The minimum absolute atomic E-state index is 0.0458. The van der Waals surface area contributed by atoms with Crippen LogP contribution in [-0.2, 0) is 0 Å². The second-order valence-corrected chi connectivity index (χ2v) is 7.21. The fraction of sp³-hybridized carbons (Fsp3) is 0.0870. The first-order valence-corrected chi connectivity index (χ1v) is 9.67. The van der Waals surface area contributed by atoms with Crippen LogP contribution < -0.4 is 9.47 Å². The summed E-state index contributed by atoms with van der Waals surface area (Å²) in [6, 6.07) is 15.5. The number of H-pyrrole nitrogens is 1. The standard InChI is InChI=1S/C23H19NO3S/c1-26-21-13-15(12-18(23(21)27-2)22-4-3-11-28-22)5-8-20(25)17-6-7-19-16(14-17)9-10-24-19/h3-14,24H,1-2H3/b8-5+. The smallest absolute Gasteiger partial charge is 0.185 e. The number of ketones is 1. The first kappa shape index (κ1) is 18.1. The third kappa shape index (κ3) is 3.44. The number of ether oxygens (including phenoxy) is 2. The average molecular weight is 389 g/mol. The van der Waals surface area contributed by atoms with Gasteiger partial charge in [0.1, 0.15) is 0 Å². The quantitative estimate of drug-likeness (QED) is 0.334. The van der Waals surface area contributed by atoms with Gasteiger partial charge >= 0.3 is 0 Å². The minimum Gasteiger partial charge on any atom is -0.493 e. The molecule has 140 valence electrons. The van der Waals surface area contributed by atoms with E-state index in [0.717, 1.165) is 26.9 Å². The Morgan fingerprint density at radius 3 is 2.71 bits per heavy atom. The molecule has 4 rings (SSSR count).